The number of aromatic nitrogens is 3. The maximum atomic E-state index is 6.51. The molecule has 8 aromatic rings. The molecular formula is C39H25N3O2. The third-order valence-corrected chi connectivity index (χ3v) is 8.48. The van der Waals surface area contributed by atoms with Crippen LogP contribution in [0.15, 0.2) is 130 Å². The number of benzene rings is 5. The van der Waals surface area contributed by atoms with Gasteiger partial charge in [-0.3, -0.25) is 0 Å². The molecule has 0 aliphatic heterocycles. The molecule has 0 spiro atoms. The van der Waals surface area contributed by atoms with Crippen molar-refractivity contribution >= 4 is 44.6 Å². The van der Waals surface area contributed by atoms with E-state index in [1.807, 2.05) is 72.8 Å². The number of allylic oxidation sites excluding steroid dienone is 1. The molecule has 0 saturated heterocycles. The standard InChI is InChI=1S/C39H25N3O2/c1-3-9-24(10-4-1)37-40-38(25-11-5-2-6-12-25)42-39(41-37)28-16-19-31-30-18-15-27(22-35(30)44-36(31)23-28)26-17-20-34-32(21-26)29-13-7-8-14-33(29)43-34/h1-14,16-17,19-23H,15,18H2. The SMILES string of the molecule is C1=C(c2ccc3oc4ccccc4c3c2)CCc2c1oc1cc(-c3nc(-c4ccccc4)nc(-c4ccccc4)n3)ccc21. The lowest BCUT2D eigenvalue weighted by atomic mass is 9.90. The molecule has 0 fully saturated rings. The van der Waals surface area contributed by atoms with E-state index in [1.165, 1.54) is 16.7 Å². The summed E-state index contributed by atoms with van der Waals surface area (Å²) in [5, 5.41) is 3.42. The first-order chi connectivity index (χ1) is 21.8. The number of hydrogen-bond donors (Lipinski definition) is 0. The van der Waals surface area contributed by atoms with Crippen LogP contribution < -0.4 is 0 Å². The van der Waals surface area contributed by atoms with Gasteiger partial charge in [0.25, 0.3) is 0 Å². The Balaban J connectivity index is 1.12. The van der Waals surface area contributed by atoms with Gasteiger partial charge < -0.3 is 8.83 Å². The summed E-state index contributed by atoms with van der Waals surface area (Å²) in [7, 11) is 0. The Hall–Kier alpha value is -5.81. The fourth-order valence-electron chi connectivity index (χ4n) is 6.26. The quantitative estimate of drug-likeness (QED) is 0.212. The molecular weight excluding hydrogens is 542 g/mol. The molecule has 0 radical (unpaired) electrons. The molecule has 0 atom stereocenters. The van der Waals surface area contributed by atoms with Crippen LogP contribution in [0.3, 0.4) is 0 Å². The Morgan fingerprint density at radius 3 is 1.82 bits per heavy atom. The van der Waals surface area contributed by atoms with Gasteiger partial charge in [0.15, 0.2) is 17.5 Å². The Bertz CT molecular complexity index is 2330. The average Bonchev–Trinajstić information content (AvgIpc) is 3.66. The van der Waals surface area contributed by atoms with Gasteiger partial charge in [-0.25, -0.2) is 15.0 Å². The first-order valence-corrected chi connectivity index (χ1v) is 14.8. The molecule has 1 aliphatic rings. The van der Waals surface area contributed by atoms with Gasteiger partial charge in [-0.1, -0.05) is 97.1 Å². The zero-order chi connectivity index (χ0) is 29.0. The molecule has 5 aromatic carbocycles. The second kappa shape index (κ2) is 9.89. The highest BCUT2D eigenvalue weighted by Gasteiger charge is 2.21. The van der Waals surface area contributed by atoms with Crippen molar-refractivity contribution in [3.05, 3.63) is 138 Å². The van der Waals surface area contributed by atoms with Crippen molar-refractivity contribution in [3.63, 3.8) is 0 Å². The molecule has 0 bridgehead atoms. The molecule has 3 aromatic heterocycles. The van der Waals surface area contributed by atoms with Crippen LogP contribution in [0, 0.1) is 0 Å². The zero-order valence-corrected chi connectivity index (χ0v) is 23.7. The highest BCUT2D eigenvalue weighted by Crippen LogP contribution is 2.39. The van der Waals surface area contributed by atoms with E-state index in [1.54, 1.807) is 0 Å². The van der Waals surface area contributed by atoms with Gasteiger partial charge in [-0.05, 0) is 54.3 Å². The van der Waals surface area contributed by atoms with Gasteiger partial charge in [0.05, 0.1) is 0 Å². The lowest BCUT2D eigenvalue weighted by Crippen LogP contribution is -2.00. The minimum atomic E-state index is 0.617. The van der Waals surface area contributed by atoms with Gasteiger partial charge >= 0.3 is 0 Å². The van der Waals surface area contributed by atoms with Gasteiger partial charge in [-0.2, -0.15) is 0 Å². The molecule has 3 heterocycles. The van der Waals surface area contributed by atoms with E-state index in [0.717, 1.165) is 68.2 Å². The minimum absolute atomic E-state index is 0.617. The lowest BCUT2D eigenvalue weighted by Gasteiger charge is -2.13. The molecule has 1 aliphatic carbocycles. The fraction of sp³-hybridized carbons (Fsp3) is 0.0513. The van der Waals surface area contributed by atoms with Crippen molar-refractivity contribution in [2.45, 2.75) is 12.8 Å². The van der Waals surface area contributed by atoms with E-state index in [2.05, 4.69) is 54.6 Å². The van der Waals surface area contributed by atoms with E-state index >= 15 is 0 Å². The summed E-state index contributed by atoms with van der Waals surface area (Å²) in [6, 6.07) is 41.0. The topological polar surface area (TPSA) is 65.0 Å². The average molecular weight is 568 g/mol. The predicted octanol–water partition coefficient (Wildman–Crippen LogP) is 10.0. The van der Waals surface area contributed by atoms with E-state index in [-0.39, 0.29) is 0 Å². The van der Waals surface area contributed by atoms with Crippen LogP contribution in [-0.2, 0) is 6.42 Å². The number of para-hydroxylation sites is 1. The number of hydrogen-bond acceptors (Lipinski definition) is 5. The zero-order valence-electron chi connectivity index (χ0n) is 23.7. The summed E-state index contributed by atoms with van der Waals surface area (Å²) in [5.41, 5.74) is 9.15. The molecule has 0 N–H and O–H groups in total. The summed E-state index contributed by atoms with van der Waals surface area (Å²) < 4.78 is 12.6. The normalized spacial score (nSPS) is 13.0. The van der Waals surface area contributed by atoms with Crippen LogP contribution in [0.25, 0.3) is 78.7 Å². The maximum Gasteiger partial charge on any atom is 0.164 e. The summed E-state index contributed by atoms with van der Waals surface area (Å²) >= 11 is 0. The van der Waals surface area contributed by atoms with Gasteiger partial charge in [0, 0.05) is 38.4 Å². The summed E-state index contributed by atoms with van der Waals surface area (Å²) in [6.45, 7) is 0. The largest absolute Gasteiger partial charge is 0.456 e. The second-order valence-corrected chi connectivity index (χ2v) is 11.2. The molecule has 5 nitrogen and oxygen atoms in total. The van der Waals surface area contributed by atoms with Crippen molar-refractivity contribution in [1.29, 1.82) is 0 Å². The van der Waals surface area contributed by atoms with Crippen LogP contribution in [0.2, 0.25) is 0 Å². The van der Waals surface area contributed by atoms with Crippen molar-refractivity contribution in [2.75, 3.05) is 0 Å². The van der Waals surface area contributed by atoms with Crippen molar-refractivity contribution in [2.24, 2.45) is 0 Å². The Labute approximate surface area is 253 Å². The molecule has 44 heavy (non-hydrogen) atoms. The van der Waals surface area contributed by atoms with Crippen LogP contribution in [-0.4, -0.2) is 15.0 Å². The third-order valence-electron chi connectivity index (χ3n) is 8.48. The molecule has 0 saturated carbocycles. The Morgan fingerprint density at radius 1 is 0.432 bits per heavy atom. The van der Waals surface area contributed by atoms with E-state index < -0.39 is 0 Å². The van der Waals surface area contributed by atoms with E-state index in [9.17, 15) is 0 Å². The second-order valence-electron chi connectivity index (χ2n) is 11.2. The van der Waals surface area contributed by atoms with Gasteiger partial charge in [0.2, 0.25) is 0 Å². The number of aryl methyl sites for hydroxylation is 1. The number of furan rings is 2. The molecule has 9 rings (SSSR count). The predicted molar refractivity (Wildman–Crippen MR) is 176 cm³/mol. The first-order valence-electron chi connectivity index (χ1n) is 14.8. The van der Waals surface area contributed by atoms with Gasteiger partial charge in [-0.15, -0.1) is 0 Å². The van der Waals surface area contributed by atoms with Crippen LogP contribution in [0.5, 0.6) is 0 Å². The van der Waals surface area contributed by atoms with Crippen molar-refractivity contribution < 1.29 is 8.83 Å². The summed E-state index contributed by atoms with van der Waals surface area (Å²) in [4.78, 5) is 14.6. The summed E-state index contributed by atoms with van der Waals surface area (Å²) in [5.74, 6) is 2.82. The smallest absolute Gasteiger partial charge is 0.164 e. The number of nitrogens with zero attached hydrogens (tertiary/aromatic N) is 3. The Kier molecular flexibility index (Phi) is 5.56. The molecule has 0 unspecified atom stereocenters. The van der Waals surface area contributed by atoms with Crippen molar-refractivity contribution in [1.82, 2.24) is 15.0 Å². The molecule has 5 heteroatoms. The van der Waals surface area contributed by atoms with Crippen molar-refractivity contribution in [3.8, 4) is 34.2 Å². The first kappa shape index (κ1) is 24.8. The monoisotopic (exact) mass is 567 g/mol. The fourth-order valence-corrected chi connectivity index (χ4v) is 6.26. The third kappa shape index (κ3) is 4.13. The minimum Gasteiger partial charge on any atom is -0.456 e. The molecule has 0 amide bonds. The number of fused-ring (bicyclic) bond motifs is 6. The highest BCUT2D eigenvalue weighted by atomic mass is 16.3. The maximum absolute atomic E-state index is 6.51. The van der Waals surface area contributed by atoms with Crippen LogP contribution in [0.4, 0.5) is 0 Å². The van der Waals surface area contributed by atoms with Gasteiger partial charge in [0.1, 0.15) is 22.5 Å². The Morgan fingerprint density at radius 2 is 1.07 bits per heavy atom. The molecule has 208 valence electrons. The summed E-state index contributed by atoms with van der Waals surface area (Å²) in [6.07, 6.45) is 4.06. The number of rotatable bonds is 4. The van der Waals surface area contributed by atoms with E-state index in [4.69, 9.17) is 23.8 Å². The highest BCUT2D eigenvalue weighted by molar-refractivity contribution is 6.06. The lowest BCUT2D eigenvalue weighted by molar-refractivity contribution is 0.596. The van der Waals surface area contributed by atoms with Crippen LogP contribution >= 0.6 is 0 Å². The van der Waals surface area contributed by atoms with Crippen LogP contribution in [0.1, 0.15) is 23.3 Å². The van der Waals surface area contributed by atoms with E-state index in [0.29, 0.717) is 17.5 Å².